The first-order valence-corrected chi connectivity index (χ1v) is 19.1. The van der Waals surface area contributed by atoms with Crippen molar-refractivity contribution in [2.45, 2.75) is 38.9 Å². The second-order valence-electron chi connectivity index (χ2n) is 15.5. The highest BCUT2D eigenvalue weighted by Gasteiger charge is 2.52. The van der Waals surface area contributed by atoms with E-state index in [4.69, 9.17) is 24.3 Å². The van der Waals surface area contributed by atoms with E-state index in [-0.39, 0.29) is 0 Å². The van der Waals surface area contributed by atoms with Gasteiger partial charge in [-0.25, -0.2) is 15.0 Å². The Morgan fingerprint density at radius 3 is 1.64 bits per heavy atom. The van der Waals surface area contributed by atoms with E-state index < -0.39 is 18.3 Å². The van der Waals surface area contributed by atoms with Crippen molar-refractivity contribution in [1.29, 1.82) is 0 Å². The van der Waals surface area contributed by atoms with Crippen LogP contribution in [0.4, 0.5) is 0 Å². The van der Waals surface area contributed by atoms with Crippen molar-refractivity contribution in [3.05, 3.63) is 164 Å². The van der Waals surface area contributed by atoms with E-state index in [1.807, 2.05) is 60.7 Å². The summed E-state index contributed by atoms with van der Waals surface area (Å²) in [6.45, 7) is 8.39. The molecule has 0 atom stereocenters. The lowest BCUT2D eigenvalue weighted by Gasteiger charge is -2.32. The Morgan fingerprint density at radius 1 is 0.446 bits per heavy atom. The van der Waals surface area contributed by atoms with Gasteiger partial charge in [-0.1, -0.05) is 127 Å². The van der Waals surface area contributed by atoms with Gasteiger partial charge in [-0.3, -0.25) is 0 Å². The van der Waals surface area contributed by atoms with E-state index in [2.05, 4.69) is 135 Å². The molecule has 1 fully saturated rings. The summed E-state index contributed by atoms with van der Waals surface area (Å²) in [6, 6.07) is 57.1. The third-order valence-corrected chi connectivity index (χ3v) is 11.5. The molecule has 10 rings (SSSR count). The maximum Gasteiger partial charge on any atom is 0.495 e. The van der Waals surface area contributed by atoms with Gasteiger partial charge in [0.2, 0.25) is 0 Å². The largest absolute Gasteiger partial charge is 0.495 e. The van der Waals surface area contributed by atoms with Crippen LogP contribution < -0.4 is 5.46 Å². The molecule has 0 N–H and O–H groups in total. The topological polar surface area (TPSA) is 62.1 Å². The van der Waals surface area contributed by atoms with Crippen molar-refractivity contribution in [2.75, 3.05) is 0 Å². The Hall–Kier alpha value is -6.41. The number of aromatic nitrogens is 4. The SMILES string of the molecule is CC1(C)OB(c2ccc(-n3c4ccccc4c4cc5ccccc5cc43)cc2-c2cccc(-c3nc(-c4ccccc4)nc(-c4ccccc4)n3)c2)OC1(C)C. The average Bonchev–Trinajstić information content (AvgIpc) is 3.67. The minimum absolute atomic E-state index is 0.504. The highest BCUT2D eigenvalue weighted by molar-refractivity contribution is 6.64. The fraction of sp³-hybridized carbons (Fsp3) is 0.122. The van der Waals surface area contributed by atoms with Crippen molar-refractivity contribution in [3.8, 4) is 51.0 Å². The summed E-state index contributed by atoms with van der Waals surface area (Å²) in [4.78, 5) is 15.0. The van der Waals surface area contributed by atoms with Gasteiger partial charge in [0, 0.05) is 33.2 Å². The second kappa shape index (κ2) is 13.1. The van der Waals surface area contributed by atoms with E-state index in [9.17, 15) is 0 Å². The molecule has 0 unspecified atom stereocenters. The van der Waals surface area contributed by atoms with Gasteiger partial charge < -0.3 is 13.9 Å². The zero-order chi connectivity index (χ0) is 38.0. The molecule has 0 spiro atoms. The lowest BCUT2D eigenvalue weighted by atomic mass is 9.74. The molecule has 0 bridgehead atoms. The summed E-state index contributed by atoms with van der Waals surface area (Å²) in [5, 5.41) is 4.86. The number of benzene rings is 7. The number of hydrogen-bond donors (Lipinski definition) is 0. The van der Waals surface area contributed by atoms with Crippen LogP contribution in [0.15, 0.2) is 164 Å². The Kier molecular flexibility index (Phi) is 7.99. The van der Waals surface area contributed by atoms with Gasteiger partial charge in [0.15, 0.2) is 17.5 Å². The van der Waals surface area contributed by atoms with Crippen LogP contribution in [0.1, 0.15) is 27.7 Å². The Labute approximate surface area is 326 Å². The molecule has 3 heterocycles. The number of para-hydroxylation sites is 1. The van der Waals surface area contributed by atoms with Crippen LogP contribution in [-0.2, 0) is 9.31 Å². The molecule has 1 aliphatic heterocycles. The normalized spacial score (nSPS) is 14.9. The molecule has 0 aliphatic carbocycles. The molecule has 270 valence electrons. The molecule has 1 aliphatic rings. The summed E-state index contributed by atoms with van der Waals surface area (Å²) in [5.74, 6) is 1.85. The number of rotatable bonds is 6. The highest BCUT2D eigenvalue weighted by atomic mass is 16.7. The molecule has 0 radical (unpaired) electrons. The number of nitrogens with zero attached hydrogens (tertiary/aromatic N) is 4. The van der Waals surface area contributed by atoms with E-state index in [0.29, 0.717) is 17.5 Å². The third kappa shape index (κ3) is 5.79. The molecule has 6 nitrogen and oxygen atoms in total. The van der Waals surface area contributed by atoms with Gasteiger partial charge in [-0.2, -0.15) is 0 Å². The molecule has 7 heteroatoms. The Morgan fingerprint density at radius 2 is 0.982 bits per heavy atom. The summed E-state index contributed by atoms with van der Waals surface area (Å²) in [5.41, 5.74) is 8.05. The predicted molar refractivity (Wildman–Crippen MR) is 229 cm³/mol. The van der Waals surface area contributed by atoms with Crippen molar-refractivity contribution in [2.24, 2.45) is 0 Å². The maximum absolute atomic E-state index is 6.71. The van der Waals surface area contributed by atoms with E-state index >= 15 is 0 Å². The molecule has 1 saturated heterocycles. The van der Waals surface area contributed by atoms with Crippen LogP contribution in [0.25, 0.3) is 83.6 Å². The number of hydrogen-bond acceptors (Lipinski definition) is 5. The Bertz CT molecular complexity index is 2870. The monoisotopic (exact) mass is 726 g/mol. The zero-order valence-electron chi connectivity index (χ0n) is 31.8. The second-order valence-corrected chi connectivity index (χ2v) is 15.5. The standard InChI is InChI=1S/C49H39BN4O2/c1-48(2)49(3,4)56-50(55-48)42-27-26-38(54-43-25-14-13-24-39(43)41-29-34-20-11-12-21-35(34)30-44(41)54)31-40(42)36-22-15-23-37(28-36)47-52-45(32-16-7-5-8-17-32)51-46(53-47)33-18-9-6-10-19-33/h5-31H,1-4H3. The van der Waals surface area contributed by atoms with Crippen molar-refractivity contribution in [1.82, 2.24) is 19.5 Å². The fourth-order valence-corrected chi connectivity index (χ4v) is 7.81. The van der Waals surface area contributed by atoms with Gasteiger partial charge in [0.05, 0.1) is 22.2 Å². The van der Waals surface area contributed by atoms with Crippen LogP contribution in [0, 0.1) is 0 Å². The highest BCUT2D eigenvalue weighted by Crippen LogP contribution is 2.40. The first-order valence-electron chi connectivity index (χ1n) is 19.1. The molecule has 0 amide bonds. The summed E-state index contributed by atoms with van der Waals surface area (Å²) >= 11 is 0. The minimum atomic E-state index is -0.568. The smallest absolute Gasteiger partial charge is 0.399 e. The van der Waals surface area contributed by atoms with Crippen molar-refractivity contribution in [3.63, 3.8) is 0 Å². The van der Waals surface area contributed by atoms with Crippen LogP contribution in [0.5, 0.6) is 0 Å². The van der Waals surface area contributed by atoms with Crippen molar-refractivity contribution >= 4 is 45.2 Å². The van der Waals surface area contributed by atoms with Gasteiger partial charge in [-0.05, 0) is 91.5 Å². The van der Waals surface area contributed by atoms with Gasteiger partial charge >= 0.3 is 7.12 Å². The molecular formula is C49H39BN4O2. The molecule has 7 aromatic carbocycles. The summed E-state index contributed by atoms with van der Waals surface area (Å²) in [6.07, 6.45) is 0. The average molecular weight is 727 g/mol. The predicted octanol–water partition coefficient (Wildman–Crippen LogP) is 11.1. The quantitative estimate of drug-likeness (QED) is 0.160. The fourth-order valence-electron chi connectivity index (χ4n) is 7.81. The van der Waals surface area contributed by atoms with Crippen molar-refractivity contribution < 1.29 is 9.31 Å². The lowest BCUT2D eigenvalue weighted by molar-refractivity contribution is 0.00578. The van der Waals surface area contributed by atoms with Crippen LogP contribution in [-0.4, -0.2) is 37.8 Å². The zero-order valence-corrected chi connectivity index (χ0v) is 31.8. The first-order chi connectivity index (χ1) is 27.2. The molecule has 0 saturated carbocycles. The van der Waals surface area contributed by atoms with Crippen LogP contribution in [0.3, 0.4) is 0 Å². The van der Waals surface area contributed by atoms with Crippen LogP contribution >= 0.6 is 0 Å². The van der Waals surface area contributed by atoms with E-state index in [1.54, 1.807) is 0 Å². The Balaban J connectivity index is 1.18. The van der Waals surface area contributed by atoms with E-state index in [0.717, 1.165) is 50.0 Å². The van der Waals surface area contributed by atoms with Gasteiger partial charge in [0.1, 0.15) is 0 Å². The number of fused-ring (bicyclic) bond motifs is 4. The van der Waals surface area contributed by atoms with Crippen LogP contribution in [0.2, 0.25) is 0 Å². The molecule has 2 aromatic heterocycles. The lowest BCUT2D eigenvalue weighted by Crippen LogP contribution is -2.41. The van der Waals surface area contributed by atoms with Gasteiger partial charge in [0.25, 0.3) is 0 Å². The molecule has 9 aromatic rings. The molecule has 56 heavy (non-hydrogen) atoms. The summed E-state index contributed by atoms with van der Waals surface area (Å²) < 4.78 is 15.8. The summed E-state index contributed by atoms with van der Waals surface area (Å²) in [7, 11) is -0.568. The van der Waals surface area contributed by atoms with Gasteiger partial charge in [-0.15, -0.1) is 0 Å². The third-order valence-electron chi connectivity index (χ3n) is 11.5. The minimum Gasteiger partial charge on any atom is -0.399 e. The van der Waals surface area contributed by atoms with E-state index in [1.165, 1.54) is 21.5 Å². The first kappa shape index (κ1) is 34.1. The maximum atomic E-state index is 6.71. The molecular weight excluding hydrogens is 687 g/mol.